The van der Waals surface area contributed by atoms with Gasteiger partial charge in [-0.3, -0.25) is 0 Å². The zero-order chi connectivity index (χ0) is 12.4. The van der Waals surface area contributed by atoms with E-state index in [1.54, 1.807) is 0 Å². The second-order valence-corrected chi connectivity index (χ2v) is 4.01. The van der Waals surface area contributed by atoms with Gasteiger partial charge in [0.2, 0.25) is 0 Å². The van der Waals surface area contributed by atoms with Crippen LogP contribution < -0.4 is 9.47 Å². The van der Waals surface area contributed by atoms with Crippen molar-refractivity contribution in [3.8, 4) is 22.8 Å². The van der Waals surface area contributed by atoms with Gasteiger partial charge >= 0.3 is 0 Å². The van der Waals surface area contributed by atoms with Crippen LogP contribution in [-0.4, -0.2) is 30.1 Å². The van der Waals surface area contributed by atoms with Crippen molar-refractivity contribution in [3.05, 3.63) is 30.0 Å². The molecule has 0 aliphatic carbocycles. The van der Waals surface area contributed by atoms with Gasteiger partial charge in [0.05, 0.1) is 6.61 Å². The third kappa shape index (κ3) is 2.04. The lowest BCUT2D eigenvalue weighted by atomic mass is 10.1. The van der Waals surface area contributed by atoms with Crippen molar-refractivity contribution in [1.82, 2.24) is 5.16 Å². The molecule has 1 aromatic carbocycles. The van der Waals surface area contributed by atoms with Crippen LogP contribution in [0.5, 0.6) is 11.5 Å². The smallest absolute Gasteiger partial charge is 0.162 e. The van der Waals surface area contributed by atoms with Crippen LogP contribution in [0, 0.1) is 0 Å². The fraction of sp³-hybridized carbons (Fsp3) is 0.308. The van der Waals surface area contributed by atoms with E-state index in [0.717, 1.165) is 22.8 Å². The third-order valence-electron chi connectivity index (χ3n) is 2.76. The number of aliphatic hydroxyl groups excluding tert-OH is 1. The Hall–Kier alpha value is -2.01. The molecule has 0 bridgehead atoms. The van der Waals surface area contributed by atoms with Crippen molar-refractivity contribution in [2.75, 3.05) is 19.8 Å². The Morgan fingerprint density at radius 1 is 1.11 bits per heavy atom. The molecule has 0 saturated carbocycles. The molecule has 0 saturated heterocycles. The fourth-order valence-electron chi connectivity index (χ4n) is 1.88. The average Bonchev–Trinajstić information content (AvgIpc) is 2.87. The molecule has 1 aliphatic heterocycles. The molecule has 1 aromatic heterocycles. The number of rotatable bonds is 3. The molecule has 5 nitrogen and oxygen atoms in total. The summed E-state index contributed by atoms with van der Waals surface area (Å²) < 4.78 is 16.1. The first-order valence-corrected chi connectivity index (χ1v) is 5.83. The van der Waals surface area contributed by atoms with Crippen LogP contribution in [0.2, 0.25) is 0 Å². The zero-order valence-corrected chi connectivity index (χ0v) is 9.76. The van der Waals surface area contributed by atoms with Crippen LogP contribution in [0.15, 0.2) is 28.8 Å². The SMILES string of the molecule is OCCc1cc(-c2ccc3c(c2)OCCO3)no1. The summed E-state index contributed by atoms with van der Waals surface area (Å²) in [5.74, 6) is 2.15. The van der Waals surface area contributed by atoms with E-state index < -0.39 is 0 Å². The van der Waals surface area contributed by atoms with E-state index in [2.05, 4.69) is 5.16 Å². The quantitative estimate of drug-likeness (QED) is 0.893. The Bertz CT molecular complexity index is 550. The molecule has 5 heteroatoms. The van der Waals surface area contributed by atoms with E-state index >= 15 is 0 Å². The third-order valence-corrected chi connectivity index (χ3v) is 2.76. The maximum absolute atomic E-state index is 8.83. The molecule has 2 aromatic rings. The lowest BCUT2D eigenvalue weighted by Crippen LogP contribution is -2.15. The Morgan fingerprint density at radius 2 is 1.94 bits per heavy atom. The summed E-state index contributed by atoms with van der Waals surface area (Å²) in [5, 5.41) is 12.8. The summed E-state index contributed by atoms with van der Waals surface area (Å²) >= 11 is 0. The summed E-state index contributed by atoms with van der Waals surface area (Å²) in [7, 11) is 0. The van der Waals surface area contributed by atoms with Crippen LogP contribution in [0.1, 0.15) is 5.76 Å². The molecule has 0 spiro atoms. The van der Waals surface area contributed by atoms with Crippen molar-refractivity contribution in [2.45, 2.75) is 6.42 Å². The number of aromatic nitrogens is 1. The topological polar surface area (TPSA) is 64.7 Å². The first-order valence-electron chi connectivity index (χ1n) is 5.83. The van der Waals surface area contributed by atoms with E-state index in [9.17, 15) is 0 Å². The fourth-order valence-corrected chi connectivity index (χ4v) is 1.88. The van der Waals surface area contributed by atoms with Crippen molar-refractivity contribution < 1.29 is 19.1 Å². The summed E-state index contributed by atoms with van der Waals surface area (Å²) in [4.78, 5) is 0. The standard InChI is InChI=1S/C13H13NO4/c15-4-3-10-8-11(14-18-10)9-1-2-12-13(7-9)17-6-5-16-12/h1-2,7-8,15H,3-6H2. The van der Waals surface area contributed by atoms with Gasteiger partial charge in [-0.15, -0.1) is 0 Å². The number of aliphatic hydroxyl groups is 1. The minimum atomic E-state index is 0.0514. The molecule has 94 valence electrons. The molecule has 1 N–H and O–H groups in total. The molecule has 0 atom stereocenters. The Labute approximate surface area is 104 Å². The summed E-state index contributed by atoms with van der Waals surface area (Å²) in [5.41, 5.74) is 1.64. The molecule has 18 heavy (non-hydrogen) atoms. The van der Waals surface area contributed by atoms with E-state index in [0.29, 0.717) is 25.4 Å². The highest BCUT2D eigenvalue weighted by atomic mass is 16.6. The number of benzene rings is 1. The summed E-state index contributed by atoms with van der Waals surface area (Å²) in [6, 6.07) is 7.48. The molecule has 0 unspecified atom stereocenters. The van der Waals surface area contributed by atoms with Gasteiger partial charge in [-0.2, -0.15) is 0 Å². The second kappa shape index (κ2) is 4.70. The maximum atomic E-state index is 8.83. The van der Waals surface area contributed by atoms with E-state index in [1.165, 1.54) is 0 Å². The Balaban J connectivity index is 1.91. The molecule has 3 rings (SSSR count). The summed E-state index contributed by atoms with van der Waals surface area (Å²) in [6.07, 6.45) is 0.470. The lowest BCUT2D eigenvalue weighted by molar-refractivity contribution is 0.171. The van der Waals surface area contributed by atoms with Crippen LogP contribution in [0.4, 0.5) is 0 Å². The van der Waals surface area contributed by atoms with Crippen LogP contribution in [0.3, 0.4) is 0 Å². The predicted octanol–water partition coefficient (Wildman–Crippen LogP) is 1.65. The minimum absolute atomic E-state index is 0.0514. The highest BCUT2D eigenvalue weighted by molar-refractivity contribution is 5.64. The number of nitrogens with zero attached hydrogens (tertiary/aromatic N) is 1. The molecule has 1 aliphatic rings. The van der Waals surface area contributed by atoms with E-state index in [4.69, 9.17) is 19.1 Å². The number of hydrogen-bond donors (Lipinski definition) is 1. The molecule has 0 radical (unpaired) electrons. The van der Waals surface area contributed by atoms with Gasteiger partial charge in [0.15, 0.2) is 11.5 Å². The maximum Gasteiger partial charge on any atom is 0.162 e. The van der Waals surface area contributed by atoms with Gasteiger partial charge in [-0.25, -0.2) is 0 Å². The molecular weight excluding hydrogens is 234 g/mol. The monoisotopic (exact) mass is 247 g/mol. The van der Waals surface area contributed by atoms with Gasteiger partial charge in [0.25, 0.3) is 0 Å². The predicted molar refractivity (Wildman–Crippen MR) is 63.7 cm³/mol. The number of hydrogen-bond acceptors (Lipinski definition) is 5. The van der Waals surface area contributed by atoms with Crippen molar-refractivity contribution in [1.29, 1.82) is 0 Å². The first-order chi connectivity index (χ1) is 8.86. The van der Waals surface area contributed by atoms with E-state index in [1.807, 2.05) is 24.3 Å². The second-order valence-electron chi connectivity index (χ2n) is 4.01. The van der Waals surface area contributed by atoms with Gasteiger partial charge in [0.1, 0.15) is 24.7 Å². The van der Waals surface area contributed by atoms with Gasteiger partial charge < -0.3 is 19.1 Å². The zero-order valence-electron chi connectivity index (χ0n) is 9.76. The first kappa shape index (κ1) is 11.1. The largest absolute Gasteiger partial charge is 0.486 e. The average molecular weight is 247 g/mol. The lowest BCUT2D eigenvalue weighted by Gasteiger charge is -2.18. The van der Waals surface area contributed by atoms with E-state index in [-0.39, 0.29) is 6.61 Å². The molecule has 0 fully saturated rings. The molecular formula is C13H13NO4. The Kier molecular flexibility index (Phi) is 2.90. The normalized spacial score (nSPS) is 13.6. The van der Waals surface area contributed by atoms with Crippen LogP contribution in [-0.2, 0) is 6.42 Å². The summed E-state index contributed by atoms with van der Waals surface area (Å²) in [6.45, 7) is 1.19. The van der Waals surface area contributed by atoms with Crippen molar-refractivity contribution in [3.63, 3.8) is 0 Å². The van der Waals surface area contributed by atoms with Gasteiger partial charge in [-0.1, -0.05) is 5.16 Å². The molecule has 0 amide bonds. The van der Waals surface area contributed by atoms with Gasteiger partial charge in [-0.05, 0) is 18.2 Å². The highest BCUT2D eigenvalue weighted by Gasteiger charge is 2.14. The van der Waals surface area contributed by atoms with Crippen LogP contribution in [0.25, 0.3) is 11.3 Å². The highest BCUT2D eigenvalue weighted by Crippen LogP contribution is 2.34. The Morgan fingerprint density at radius 3 is 2.78 bits per heavy atom. The number of fused-ring (bicyclic) bond motifs is 1. The minimum Gasteiger partial charge on any atom is -0.486 e. The molecule has 2 heterocycles. The van der Waals surface area contributed by atoms with Gasteiger partial charge in [0, 0.05) is 18.1 Å². The number of ether oxygens (including phenoxy) is 2. The van der Waals surface area contributed by atoms with Crippen LogP contribution >= 0.6 is 0 Å². The van der Waals surface area contributed by atoms with Crippen molar-refractivity contribution >= 4 is 0 Å². The van der Waals surface area contributed by atoms with Crippen molar-refractivity contribution in [2.24, 2.45) is 0 Å².